The van der Waals surface area contributed by atoms with E-state index >= 15 is 0 Å². The molecule has 14 heavy (non-hydrogen) atoms. The van der Waals surface area contributed by atoms with Gasteiger partial charge in [0.1, 0.15) is 12.2 Å². The lowest BCUT2D eigenvalue weighted by molar-refractivity contribution is -0.136. The summed E-state index contributed by atoms with van der Waals surface area (Å²) in [7, 11) is 0. The van der Waals surface area contributed by atoms with E-state index < -0.39 is 5.97 Å². The predicted octanol–water partition coefficient (Wildman–Crippen LogP) is 1.03. The highest BCUT2D eigenvalue weighted by atomic mass is 32.1. The van der Waals surface area contributed by atoms with Crippen molar-refractivity contribution in [2.24, 2.45) is 0 Å². The lowest BCUT2D eigenvalue weighted by atomic mass is 10.4. The Hall–Kier alpha value is -1.43. The molecule has 5 nitrogen and oxygen atoms in total. The number of fused-ring (bicyclic) bond motifs is 1. The number of hydrogen-bond donors (Lipinski definition) is 1. The molecule has 6 heteroatoms. The third kappa shape index (κ3) is 1.27. The van der Waals surface area contributed by atoms with Gasteiger partial charge in [-0.1, -0.05) is 11.3 Å². The Labute approximate surface area is 84.0 Å². The minimum atomic E-state index is -0.887. The monoisotopic (exact) mass is 211 g/mol. The van der Waals surface area contributed by atoms with Crippen molar-refractivity contribution >= 4 is 22.3 Å². The van der Waals surface area contributed by atoms with Gasteiger partial charge in [-0.15, -0.1) is 10.2 Å². The molecular formula is C8H9N3O2S. The quantitative estimate of drug-likeness (QED) is 0.805. The molecule has 0 saturated heterocycles. The van der Waals surface area contributed by atoms with Gasteiger partial charge >= 0.3 is 5.97 Å². The van der Waals surface area contributed by atoms with E-state index in [-0.39, 0.29) is 6.42 Å². The summed E-state index contributed by atoms with van der Waals surface area (Å²) in [6.45, 7) is 3.92. The fourth-order valence-corrected chi connectivity index (χ4v) is 2.25. The van der Waals surface area contributed by atoms with Gasteiger partial charge in [0, 0.05) is 10.6 Å². The minimum Gasteiger partial charge on any atom is -0.481 e. The first kappa shape index (κ1) is 9.14. The second kappa shape index (κ2) is 3.06. The maximum atomic E-state index is 10.6. The number of aromatic nitrogens is 3. The lowest BCUT2D eigenvalue weighted by Crippen LogP contribution is -2.05. The molecule has 2 heterocycles. The molecule has 0 aliphatic rings. The Morgan fingerprint density at radius 2 is 2.21 bits per heavy atom. The Kier molecular flexibility index (Phi) is 1.99. The minimum absolute atomic E-state index is 0.0851. The number of hydrogen-bond acceptors (Lipinski definition) is 4. The highest BCUT2D eigenvalue weighted by Gasteiger charge is 2.14. The maximum Gasteiger partial charge on any atom is 0.311 e. The van der Waals surface area contributed by atoms with Crippen LogP contribution in [0.4, 0.5) is 0 Å². The fourth-order valence-electron chi connectivity index (χ4n) is 1.32. The largest absolute Gasteiger partial charge is 0.481 e. The molecule has 0 amide bonds. The van der Waals surface area contributed by atoms with Crippen molar-refractivity contribution in [3.05, 3.63) is 16.4 Å². The Morgan fingerprint density at radius 3 is 2.86 bits per heavy atom. The van der Waals surface area contributed by atoms with Crippen LogP contribution in [0.5, 0.6) is 0 Å². The van der Waals surface area contributed by atoms with Crippen molar-refractivity contribution in [3.8, 4) is 0 Å². The van der Waals surface area contributed by atoms with E-state index in [1.165, 1.54) is 11.3 Å². The summed E-state index contributed by atoms with van der Waals surface area (Å²) in [6, 6.07) is 0. The summed E-state index contributed by atoms with van der Waals surface area (Å²) in [6.07, 6.45) is -0.0851. The molecule has 1 N–H and O–H groups in total. The lowest BCUT2D eigenvalue weighted by Gasteiger charge is -1.95. The zero-order valence-electron chi connectivity index (χ0n) is 7.81. The average Bonchev–Trinajstić information content (AvgIpc) is 2.57. The zero-order valence-corrected chi connectivity index (χ0v) is 8.63. The molecule has 2 rings (SSSR count). The molecule has 2 aromatic rings. The molecule has 0 spiro atoms. The van der Waals surface area contributed by atoms with E-state index in [0.29, 0.717) is 5.82 Å². The second-order valence-corrected chi connectivity index (χ2v) is 4.23. The molecular weight excluding hydrogens is 202 g/mol. The Bertz CT molecular complexity index is 500. The van der Waals surface area contributed by atoms with Gasteiger partial charge in [0.15, 0.2) is 0 Å². The molecule has 0 aliphatic heterocycles. The van der Waals surface area contributed by atoms with Crippen LogP contribution in [0.2, 0.25) is 0 Å². The molecule has 0 saturated carbocycles. The molecule has 0 radical (unpaired) electrons. The normalized spacial score (nSPS) is 11.0. The van der Waals surface area contributed by atoms with Crippen LogP contribution in [0.25, 0.3) is 4.96 Å². The van der Waals surface area contributed by atoms with Gasteiger partial charge in [-0.2, -0.15) is 0 Å². The van der Waals surface area contributed by atoms with Crippen LogP contribution in [-0.2, 0) is 11.2 Å². The van der Waals surface area contributed by atoms with Gasteiger partial charge in [0.2, 0.25) is 4.96 Å². The van der Waals surface area contributed by atoms with Gasteiger partial charge < -0.3 is 5.11 Å². The smallest absolute Gasteiger partial charge is 0.311 e. The number of rotatable bonds is 2. The average molecular weight is 211 g/mol. The number of carboxylic acids is 1. The van der Waals surface area contributed by atoms with Gasteiger partial charge in [0.25, 0.3) is 0 Å². The van der Waals surface area contributed by atoms with Crippen LogP contribution in [0, 0.1) is 13.8 Å². The molecule has 74 valence electrons. The molecule has 2 aromatic heterocycles. The van der Waals surface area contributed by atoms with Crippen molar-refractivity contribution in [2.45, 2.75) is 20.3 Å². The van der Waals surface area contributed by atoms with Gasteiger partial charge in [-0.25, -0.2) is 0 Å². The van der Waals surface area contributed by atoms with Crippen LogP contribution >= 0.6 is 11.3 Å². The van der Waals surface area contributed by atoms with Crippen molar-refractivity contribution < 1.29 is 9.90 Å². The highest BCUT2D eigenvalue weighted by Crippen LogP contribution is 2.21. The first-order valence-corrected chi connectivity index (χ1v) is 4.93. The van der Waals surface area contributed by atoms with Crippen LogP contribution in [0.3, 0.4) is 0 Å². The van der Waals surface area contributed by atoms with E-state index in [4.69, 9.17) is 5.11 Å². The topological polar surface area (TPSA) is 67.5 Å². The van der Waals surface area contributed by atoms with Crippen LogP contribution < -0.4 is 0 Å². The van der Waals surface area contributed by atoms with Gasteiger partial charge in [-0.05, 0) is 13.8 Å². The number of aryl methyl sites for hydroxylation is 2. The summed E-state index contributed by atoms with van der Waals surface area (Å²) in [5.41, 5.74) is 1.02. The summed E-state index contributed by atoms with van der Waals surface area (Å²) < 4.78 is 1.80. The van der Waals surface area contributed by atoms with Crippen LogP contribution in [0.15, 0.2) is 0 Å². The Morgan fingerprint density at radius 1 is 1.50 bits per heavy atom. The molecule has 0 aromatic carbocycles. The zero-order chi connectivity index (χ0) is 10.3. The number of aliphatic carboxylic acids is 1. The predicted molar refractivity (Wildman–Crippen MR) is 51.7 cm³/mol. The maximum absolute atomic E-state index is 10.6. The van der Waals surface area contributed by atoms with E-state index in [1.807, 2.05) is 13.8 Å². The van der Waals surface area contributed by atoms with E-state index in [1.54, 1.807) is 4.40 Å². The number of thiazole rings is 1. The van der Waals surface area contributed by atoms with Crippen LogP contribution in [-0.4, -0.2) is 25.7 Å². The SMILES string of the molecule is Cc1sc2nnc(CC(=O)O)n2c1C. The molecule has 0 atom stereocenters. The van der Waals surface area contributed by atoms with Gasteiger partial charge in [-0.3, -0.25) is 9.20 Å². The number of carboxylic acid groups (broad SMARTS) is 1. The van der Waals surface area contributed by atoms with Gasteiger partial charge in [0.05, 0.1) is 0 Å². The van der Waals surface area contributed by atoms with Crippen molar-refractivity contribution in [2.75, 3.05) is 0 Å². The number of nitrogens with zero attached hydrogens (tertiary/aromatic N) is 3. The second-order valence-electron chi connectivity index (χ2n) is 3.05. The van der Waals surface area contributed by atoms with E-state index in [9.17, 15) is 4.79 Å². The molecule has 0 bridgehead atoms. The third-order valence-electron chi connectivity index (χ3n) is 2.10. The first-order valence-electron chi connectivity index (χ1n) is 4.11. The van der Waals surface area contributed by atoms with Crippen molar-refractivity contribution in [1.29, 1.82) is 0 Å². The standard InChI is InChI=1S/C8H9N3O2S/c1-4-5(2)14-8-10-9-6(11(4)8)3-7(12)13/h3H2,1-2H3,(H,12,13). The summed E-state index contributed by atoms with van der Waals surface area (Å²) in [4.78, 5) is 12.5. The van der Waals surface area contributed by atoms with E-state index in [2.05, 4.69) is 10.2 Å². The molecule has 0 fully saturated rings. The summed E-state index contributed by atoms with van der Waals surface area (Å²) in [5, 5.41) is 16.4. The van der Waals surface area contributed by atoms with Crippen molar-refractivity contribution in [1.82, 2.24) is 14.6 Å². The first-order chi connectivity index (χ1) is 6.59. The number of carbonyl (C=O) groups is 1. The summed E-state index contributed by atoms with van der Waals surface area (Å²) in [5.74, 6) is -0.392. The molecule has 0 unspecified atom stereocenters. The molecule has 0 aliphatic carbocycles. The third-order valence-corrected chi connectivity index (χ3v) is 3.15. The highest BCUT2D eigenvalue weighted by molar-refractivity contribution is 7.17. The summed E-state index contributed by atoms with van der Waals surface area (Å²) >= 11 is 1.52. The van der Waals surface area contributed by atoms with Crippen LogP contribution in [0.1, 0.15) is 16.4 Å². The fraction of sp³-hybridized carbons (Fsp3) is 0.375. The van der Waals surface area contributed by atoms with E-state index in [0.717, 1.165) is 15.5 Å². The van der Waals surface area contributed by atoms with Crippen molar-refractivity contribution in [3.63, 3.8) is 0 Å². The Balaban J connectivity index is 2.60.